The van der Waals surface area contributed by atoms with Crippen molar-refractivity contribution < 1.29 is 14.2 Å². The first-order valence-electron chi connectivity index (χ1n) is 7.57. The van der Waals surface area contributed by atoms with Gasteiger partial charge in [-0.3, -0.25) is 0 Å². The molecule has 1 N–H and O–H groups in total. The van der Waals surface area contributed by atoms with Crippen molar-refractivity contribution in [3.63, 3.8) is 0 Å². The Morgan fingerprint density at radius 3 is 2.48 bits per heavy atom. The van der Waals surface area contributed by atoms with E-state index in [2.05, 4.69) is 20.3 Å². The van der Waals surface area contributed by atoms with Crippen LogP contribution < -0.4 is 19.5 Å². The zero-order valence-corrected chi connectivity index (χ0v) is 14.7. The molecule has 0 aliphatic rings. The quantitative estimate of drug-likeness (QED) is 0.663. The zero-order chi connectivity index (χ0) is 17.5. The van der Waals surface area contributed by atoms with E-state index in [9.17, 15) is 0 Å². The van der Waals surface area contributed by atoms with Gasteiger partial charge in [0.25, 0.3) is 0 Å². The third-order valence-electron chi connectivity index (χ3n) is 3.31. The van der Waals surface area contributed by atoms with Gasteiger partial charge >= 0.3 is 0 Å². The number of benzene rings is 1. The zero-order valence-electron chi connectivity index (χ0n) is 13.9. The van der Waals surface area contributed by atoms with E-state index in [-0.39, 0.29) is 0 Å². The van der Waals surface area contributed by atoms with Crippen molar-refractivity contribution in [2.75, 3.05) is 19.5 Å². The highest BCUT2D eigenvalue weighted by Crippen LogP contribution is 2.19. The summed E-state index contributed by atoms with van der Waals surface area (Å²) in [4.78, 5) is 12.8. The summed E-state index contributed by atoms with van der Waals surface area (Å²) in [6.45, 7) is 0.999. The summed E-state index contributed by atoms with van der Waals surface area (Å²) in [7, 11) is 3.19. The molecule has 3 aromatic rings. The average Bonchev–Trinajstić information content (AvgIpc) is 3.13. The number of rotatable bonds is 8. The highest BCUT2D eigenvalue weighted by Gasteiger charge is 2.04. The van der Waals surface area contributed by atoms with Crippen molar-refractivity contribution in [3.8, 4) is 17.4 Å². The second kappa shape index (κ2) is 8.29. The molecule has 0 aliphatic heterocycles. The SMILES string of the molecule is COc1ccc(OCc2nc(CNc3cnc(OC)cn3)cs2)cc1. The topological polar surface area (TPSA) is 78.4 Å². The molecule has 0 amide bonds. The monoisotopic (exact) mass is 358 g/mol. The summed E-state index contributed by atoms with van der Waals surface area (Å²) in [6, 6.07) is 7.47. The molecule has 0 radical (unpaired) electrons. The molecule has 7 nitrogen and oxygen atoms in total. The predicted molar refractivity (Wildman–Crippen MR) is 95.4 cm³/mol. The van der Waals surface area contributed by atoms with Gasteiger partial charge in [-0.2, -0.15) is 0 Å². The molecule has 0 spiro atoms. The van der Waals surface area contributed by atoms with Gasteiger partial charge in [0.05, 0.1) is 38.9 Å². The Bertz CT molecular complexity index is 724. The molecule has 2 aromatic heterocycles. The molecular weight excluding hydrogens is 340 g/mol. The first kappa shape index (κ1) is 17.0. The summed E-state index contributed by atoms with van der Waals surface area (Å²) in [6.07, 6.45) is 3.19. The molecule has 2 heterocycles. The summed E-state index contributed by atoms with van der Waals surface area (Å²) in [5, 5.41) is 6.08. The van der Waals surface area contributed by atoms with Crippen molar-refractivity contribution in [2.45, 2.75) is 13.2 Å². The molecule has 3 rings (SSSR count). The number of hydrogen-bond acceptors (Lipinski definition) is 8. The first-order valence-corrected chi connectivity index (χ1v) is 8.45. The van der Waals surface area contributed by atoms with E-state index >= 15 is 0 Å². The highest BCUT2D eigenvalue weighted by atomic mass is 32.1. The fourth-order valence-electron chi connectivity index (χ4n) is 2.01. The number of aromatic nitrogens is 3. The minimum absolute atomic E-state index is 0.430. The first-order chi connectivity index (χ1) is 12.3. The minimum atomic E-state index is 0.430. The maximum Gasteiger partial charge on any atom is 0.232 e. The number of ether oxygens (including phenoxy) is 3. The molecular formula is C17H18N4O3S. The molecule has 0 bridgehead atoms. The van der Waals surface area contributed by atoms with Crippen LogP contribution in [0.25, 0.3) is 0 Å². The summed E-state index contributed by atoms with van der Waals surface area (Å²) in [5.41, 5.74) is 0.927. The van der Waals surface area contributed by atoms with Crippen LogP contribution in [-0.2, 0) is 13.2 Å². The lowest BCUT2D eigenvalue weighted by Gasteiger charge is -2.05. The molecule has 0 saturated carbocycles. The van der Waals surface area contributed by atoms with E-state index in [0.29, 0.717) is 24.8 Å². The van der Waals surface area contributed by atoms with Crippen molar-refractivity contribution >= 4 is 17.2 Å². The van der Waals surface area contributed by atoms with Crippen molar-refractivity contribution in [2.24, 2.45) is 0 Å². The van der Waals surface area contributed by atoms with Crippen LogP contribution in [0.5, 0.6) is 17.4 Å². The smallest absolute Gasteiger partial charge is 0.232 e. The molecule has 0 aliphatic carbocycles. The van der Waals surface area contributed by atoms with Gasteiger partial charge in [-0.25, -0.2) is 15.0 Å². The number of thiazole rings is 1. The number of hydrogen-bond donors (Lipinski definition) is 1. The van der Waals surface area contributed by atoms with Gasteiger partial charge in [0.2, 0.25) is 5.88 Å². The van der Waals surface area contributed by atoms with Gasteiger partial charge in [0.15, 0.2) is 0 Å². The van der Waals surface area contributed by atoms with Gasteiger partial charge in [0, 0.05) is 5.38 Å². The fraction of sp³-hybridized carbons (Fsp3) is 0.235. The van der Waals surface area contributed by atoms with E-state index in [1.54, 1.807) is 38.0 Å². The lowest BCUT2D eigenvalue weighted by molar-refractivity contribution is 0.304. The van der Waals surface area contributed by atoms with Crippen LogP contribution in [0.3, 0.4) is 0 Å². The molecule has 130 valence electrons. The van der Waals surface area contributed by atoms with E-state index in [4.69, 9.17) is 14.2 Å². The van der Waals surface area contributed by atoms with E-state index < -0.39 is 0 Å². The van der Waals surface area contributed by atoms with Crippen LogP contribution in [0, 0.1) is 0 Å². The second-order valence-corrected chi connectivity index (χ2v) is 5.94. The van der Waals surface area contributed by atoms with Crippen molar-refractivity contribution in [3.05, 3.63) is 52.7 Å². The summed E-state index contributed by atoms with van der Waals surface area (Å²) < 4.78 is 15.8. The Kier molecular flexibility index (Phi) is 5.63. The van der Waals surface area contributed by atoms with Crippen LogP contribution in [0.15, 0.2) is 42.0 Å². The van der Waals surface area contributed by atoms with E-state index in [1.807, 2.05) is 29.6 Å². The van der Waals surface area contributed by atoms with E-state index in [0.717, 1.165) is 22.2 Å². The van der Waals surface area contributed by atoms with Crippen LogP contribution in [-0.4, -0.2) is 29.2 Å². The van der Waals surface area contributed by atoms with Crippen LogP contribution >= 0.6 is 11.3 Å². The standard InChI is InChI=1S/C17H18N4O3S/c1-22-13-3-5-14(6-4-13)24-10-17-21-12(11-25-17)7-18-15-8-20-16(23-2)9-19-15/h3-6,8-9,11H,7,10H2,1-2H3,(H,18,19). The van der Waals surface area contributed by atoms with Crippen molar-refractivity contribution in [1.29, 1.82) is 0 Å². The fourth-order valence-corrected chi connectivity index (χ4v) is 2.71. The van der Waals surface area contributed by atoms with Crippen LogP contribution in [0.2, 0.25) is 0 Å². The Labute approximate surface area is 149 Å². The third kappa shape index (κ3) is 4.80. The number of nitrogens with zero attached hydrogens (tertiary/aromatic N) is 3. The number of anilines is 1. The maximum absolute atomic E-state index is 5.73. The Hall–Kier alpha value is -2.87. The minimum Gasteiger partial charge on any atom is -0.497 e. The van der Waals surface area contributed by atoms with Crippen LogP contribution in [0.4, 0.5) is 5.82 Å². The molecule has 0 fully saturated rings. The number of methoxy groups -OCH3 is 2. The Balaban J connectivity index is 1.49. The molecule has 0 atom stereocenters. The third-order valence-corrected chi connectivity index (χ3v) is 4.18. The largest absolute Gasteiger partial charge is 0.497 e. The lowest BCUT2D eigenvalue weighted by Crippen LogP contribution is -2.03. The van der Waals surface area contributed by atoms with Crippen molar-refractivity contribution in [1.82, 2.24) is 15.0 Å². The van der Waals surface area contributed by atoms with E-state index in [1.165, 1.54) is 0 Å². The molecule has 1 aromatic carbocycles. The Morgan fingerprint density at radius 1 is 1.00 bits per heavy atom. The number of nitrogens with one attached hydrogen (secondary N) is 1. The van der Waals surface area contributed by atoms with Gasteiger partial charge < -0.3 is 19.5 Å². The summed E-state index contributed by atoms with van der Waals surface area (Å²) in [5.74, 6) is 2.74. The average molecular weight is 358 g/mol. The molecule has 8 heteroatoms. The molecule has 0 saturated heterocycles. The predicted octanol–water partition coefficient (Wildman–Crippen LogP) is 3.14. The van der Waals surface area contributed by atoms with Gasteiger partial charge in [0.1, 0.15) is 28.9 Å². The normalized spacial score (nSPS) is 10.3. The van der Waals surface area contributed by atoms with Gasteiger partial charge in [-0.15, -0.1) is 11.3 Å². The lowest BCUT2D eigenvalue weighted by atomic mass is 10.3. The maximum atomic E-state index is 5.73. The summed E-state index contributed by atoms with van der Waals surface area (Å²) >= 11 is 1.56. The second-order valence-electron chi connectivity index (χ2n) is 4.99. The Morgan fingerprint density at radius 2 is 1.80 bits per heavy atom. The molecule has 25 heavy (non-hydrogen) atoms. The highest BCUT2D eigenvalue weighted by molar-refractivity contribution is 7.09. The van der Waals surface area contributed by atoms with Gasteiger partial charge in [-0.1, -0.05) is 0 Å². The van der Waals surface area contributed by atoms with Crippen LogP contribution in [0.1, 0.15) is 10.7 Å². The van der Waals surface area contributed by atoms with Gasteiger partial charge in [-0.05, 0) is 24.3 Å². The molecule has 0 unspecified atom stereocenters.